The van der Waals surface area contributed by atoms with E-state index >= 15 is 0 Å². The van der Waals surface area contributed by atoms with E-state index in [0.717, 1.165) is 17.7 Å². The molecule has 0 spiro atoms. The number of amides is 1. The second-order valence-electron chi connectivity index (χ2n) is 10.8. The zero-order valence-corrected chi connectivity index (χ0v) is 23.3. The average molecular weight is 558 g/mol. The van der Waals surface area contributed by atoms with E-state index in [0.29, 0.717) is 16.8 Å². The zero-order chi connectivity index (χ0) is 30.0. The molecule has 0 aliphatic carbocycles. The van der Waals surface area contributed by atoms with Crippen molar-refractivity contribution in [2.24, 2.45) is 11.5 Å². The van der Waals surface area contributed by atoms with Crippen LogP contribution in [0.3, 0.4) is 0 Å². The first-order chi connectivity index (χ1) is 18.5. The van der Waals surface area contributed by atoms with Crippen LogP contribution in [0.15, 0.2) is 83.5 Å². The first-order valence-corrected chi connectivity index (χ1v) is 12.6. The molecule has 1 unspecified atom stereocenters. The molecule has 7 nitrogen and oxygen atoms in total. The number of hydrogen-bond acceptors (Lipinski definition) is 6. The molecule has 3 rings (SSSR count). The van der Waals surface area contributed by atoms with Crippen molar-refractivity contribution in [3.63, 3.8) is 0 Å². The van der Waals surface area contributed by atoms with Gasteiger partial charge < -0.3 is 20.9 Å². The highest BCUT2D eigenvalue weighted by Gasteiger charge is 2.47. The van der Waals surface area contributed by atoms with Crippen LogP contribution in [0.25, 0.3) is 0 Å². The van der Waals surface area contributed by atoms with Gasteiger partial charge in [-0.1, -0.05) is 50.2 Å². The molecule has 4 N–H and O–H groups in total. The lowest BCUT2D eigenvalue weighted by molar-refractivity contribution is -0.274. The highest BCUT2D eigenvalue weighted by molar-refractivity contribution is 6.16. The van der Waals surface area contributed by atoms with E-state index in [4.69, 9.17) is 16.2 Å². The smallest absolute Gasteiger partial charge is 0.482 e. The Balaban J connectivity index is 2.24. The van der Waals surface area contributed by atoms with Crippen LogP contribution in [0.5, 0.6) is 5.75 Å². The lowest BCUT2D eigenvalue weighted by Crippen LogP contribution is -2.35. The van der Waals surface area contributed by atoms with Crippen molar-refractivity contribution in [2.45, 2.75) is 65.5 Å². The highest BCUT2D eigenvalue weighted by atomic mass is 19.4. The molecule has 0 aromatic heterocycles. The van der Waals surface area contributed by atoms with E-state index in [1.54, 1.807) is 39.8 Å². The molecule has 1 aliphatic heterocycles. The largest absolute Gasteiger partial charge is 0.573 e. The standard InChI is InChI=1S/C30H34F3N3O4/c1-17(2)19-8-10-21(11-9-19)26(37)24-25(20-12-14-22(15-13-20)39-30(31,32)33)36(23(35)16-7-18(3)34)28(38)27(24)40-29(4,5)6/h7-17,25H,34-35H2,1-6H3/b18-7-,23-16+. The van der Waals surface area contributed by atoms with Gasteiger partial charge in [0.15, 0.2) is 11.5 Å². The zero-order valence-electron chi connectivity index (χ0n) is 23.3. The Hall–Kier alpha value is -4.21. The molecule has 0 saturated heterocycles. The predicted molar refractivity (Wildman–Crippen MR) is 146 cm³/mol. The van der Waals surface area contributed by atoms with Crippen LogP contribution in [0, 0.1) is 0 Å². The van der Waals surface area contributed by atoms with Crippen LogP contribution < -0.4 is 16.2 Å². The van der Waals surface area contributed by atoms with Gasteiger partial charge in [0.25, 0.3) is 5.91 Å². The summed E-state index contributed by atoms with van der Waals surface area (Å²) in [5.74, 6) is -1.61. The third-order valence-electron chi connectivity index (χ3n) is 5.91. The first kappa shape index (κ1) is 30.3. The minimum atomic E-state index is -4.88. The van der Waals surface area contributed by atoms with Crippen LogP contribution >= 0.6 is 0 Å². The summed E-state index contributed by atoms with van der Waals surface area (Å²) in [7, 11) is 0. The number of ketones is 1. The van der Waals surface area contributed by atoms with E-state index in [9.17, 15) is 22.8 Å². The third kappa shape index (κ3) is 7.25. The lowest BCUT2D eigenvalue weighted by Gasteiger charge is -2.27. The van der Waals surface area contributed by atoms with Crippen molar-refractivity contribution < 1.29 is 32.2 Å². The maximum Gasteiger partial charge on any atom is 0.573 e. The van der Waals surface area contributed by atoms with Crippen LogP contribution in [0.2, 0.25) is 0 Å². The van der Waals surface area contributed by atoms with Crippen molar-refractivity contribution in [1.82, 2.24) is 4.90 Å². The molecule has 10 heteroatoms. The van der Waals surface area contributed by atoms with Crippen molar-refractivity contribution >= 4 is 11.7 Å². The van der Waals surface area contributed by atoms with Gasteiger partial charge in [0.05, 0.1) is 11.6 Å². The number of rotatable bonds is 8. The van der Waals surface area contributed by atoms with Gasteiger partial charge in [0, 0.05) is 11.3 Å². The molecule has 2 aromatic rings. The third-order valence-corrected chi connectivity index (χ3v) is 5.91. The molecule has 2 aromatic carbocycles. The van der Waals surface area contributed by atoms with Gasteiger partial charge in [-0.2, -0.15) is 0 Å². The fraction of sp³-hybridized carbons (Fsp3) is 0.333. The number of Topliss-reactive ketones (excluding diaryl/α,β-unsaturated/α-hetero) is 1. The summed E-state index contributed by atoms with van der Waals surface area (Å²) in [6.07, 6.45) is -1.97. The number of carbonyl (C=O) groups is 2. The van der Waals surface area contributed by atoms with E-state index in [2.05, 4.69) is 4.74 Å². The van der Waals surface area contributed by atoms with Crippen LogP contribution in [0.4, 0.5) is 13.2 Å². The minimum absolute atomic E-state index is 0.00603. The van der Waals surface area contributed by atoms with Crippen molar-refractivity contribution in [3.05, 3.63) is 100 Å². The molecular weight excluding hydrogens is 523 g/mol. The summed E-state index contributed by atoms with van der Waals surface area (Å²) in [6.45, 7) is 10.9. The lowest BCUT2D eigenvalue weighted by atomic mass is 9.91. The second kappa shape index (κ2) is 11.5. The molecule has 0 radical (unpaired) electrons. The molecule has 0 saturated carbocycles. The Labute approximate surface area is 231 Å². The SMILES string of the molecule is C/C(N)=C/C=C(\N)N1C(=O)C(OC(C)(C)C)=C(C(=O)c2ccc(C(C)C)cc2)C1c1ccc(OC(F)(F)F)cc1. The number of allylic oxidation sites excluding steroid dienone is 3. The summed E-state index contributed by atoms with van der Waals surface area (Å²) < 4.78 is 48.4. The predicted octanol–water partition coefficient (Wildman–Crippen LogP) is 6.21. The monoisotopic (exact) mass is 557 g/mol. The fourth-order valence-electron chi connectivity index (χ4n) is 4.13. The Morgan fingerprint density at radius 3 is 2.00 bits per heavy atom. The Kier molecular flexibility index (Phi) is 8.72. The van der Waals surface area contributed by atoms with Gasteiger partial charge in [0.1, 0.15) is 17.2 Å². The van der Waals surface area contributed by atoms with E-state index in [1.165, 1.54) is 29.2 Å². The maximum absolute atomic E-state index is 14.1. The topological polar surface area (TPSA) is 108 Å². The molecule has 1 aliphatic rings. The number of hydrogen-bond donors (Lipinski definition) is 2. The van der Waals surface area contributed by atoms with Gasteiger partial charge in [-0.3, -0.25) is 14.5 Å². The summed E-state index contributed by atoms with van der Waals surface area (Å²) in [6, 6.07) is 10.8. The molecule has 1 atom stereocenters. The number of nitrogens with two attached hydrogens (primary N) is 2. The molecule has 0 bridgehead atoms. The number of benzene rings is 2. The van der Waals surface area contributed by atoms with E-state index < -0.39 is 35.4 Å². The molecular formula is C30H34F3N3O4. The van der Waals surface area contributed by atoms with Crippen LogP contribution in [0.1, 0.15) is 75.0 Å². The molecule has 1 heterocycles. The minimum Gasteiger partial charge on any atom is -0.482 e. The average Bonchev–Trinajstić information content (AvgIpc) is 3.12. The Bertz CT molecular complexity index is 1350. The van der Waals surface area contributed by atoms with Gasteiger partial charge >= 0.3 is 6.36 Å². The summed E-state index contributed by atoms with van der Waals surface area (Å²) >= 11 is 0. The van der Waals surface area contributed by atoms with Crippen LogP contribution in [-0.4, -0.2) is 28.6 Å². The van der Waals surface area contributed by atoms with Gasteiger partial charge in [-0.25, -0.2) is 0 Å². The number of carbonyl (C=O) groups excluding carboxylic acids is 2. The van der Waals surface area contributed by atoms with Gasteiger partial charge in [0.2, 0.25) is 0 Å². The van der Waals surface area contributed by atoms with E-state index in [-0.39, 0.29) is 23.1 Å². The highest BCUT2D eigenvalue weighted by Crippen LogP contribution is 2.43. The first-order valence-electron chi connectivity index (χ1n) is 12.6. The second-order valence-corrected chi connectivity index (χ2v) is 10.8. The summed E-state index contributed by atoms with van der Waals surface area (Å²) in [5, 5.41) is 0. The van der Waals surface area contributed by atoms with Crippen molar-refractivity contribution in [2.75, 3.05) is 0 Å². The number of nitrogens with zero attached hydrogens (tertiary/aromatic N) is 1. The number of alkyl halides is 3. The normalized spacial score (nSPS) is 17.1. The molecule has 1 amide bonds. The molecule has 40 heavy (non-hydrogen) atoms. The Morgan fingerprint density at radius 2 is 1.52 bits per heavy atom. The Morgan fingerprint density at radius 1 is 0.950 bits per heavy atom. The van der Waals surface area contributed by atoms with E-state index in [1.807, 2.05) is 26.0 Å². The van der Waals surface area contributed by atoms with Crippen molar-refractivity contribution in [1.29, 1.82) is 0 Å². The molecule has 214 valence electrons. The number of halogens is 3. The molecule has 0 fully saturated rings. The van der Waals surface area contributed by atoms with Gasteiger partial charge in [-0.15, -0.1) is 13.2 Å². The quantitative estimate of drug-likeness (QED) is 0.295. The van der Waals surface area contributed by atoms with Crippen LogP contribution in [-0.2, 0) is 9.53 Å². The van der Waals surface area contributed by atoms with Gasteiger partial charge in [-0.05, 0) is 69.0 Å². The summed E-state index contributed by atoms with van der Waals surface area (Å²) in [5.41, 5.74) is 13.3. The maximum atomic E-state index is 14.1. The fourth-order valence-corrected chi connectivity index (χ4v) is 4.13. The van der Waals surface area contributed by atoms with Crippen molar-refractivity contribution in [3.8, 4) is 5.75 Å². The number of ether oxygens (including phenoxy) is 2. The summed E-state index contributed by atoms with van der Waals surface area (Å²) in [4.78, 5) is 29.1.